The van der Waals surface area contributed by atoms with E-state index in [0.29, 0.717) is 17.0 Å². The zero-order valence-electron chi connectivity index (χ0n) is 15.0. The SMILES string of the molecule is CC[C@@H](C1=C(C(N)=O)Cc2cccnc2N1c1c(F)cc(F)cc1F)C(F)(F)F. The highest BCUT2D eigenvalue weighted by molar-refractivity contribution is 5.96. The van der Waals surface area contributed by atoms with E-state index in [9.17, 15) is 31.1 Å². The fourth-order valence-electron chi connectivity index (χ4n) is 3.43. The smallest absolute Gasteiger partial charge is 0.366 e. The maximum absolute atomic E-state index is 14.6. The number of nitrogens with two attached hydrogens (primary N) is 1. The zero-order valence-corrected chi connectivity index (χ0v) is 15.0. The Morgan fingerprint density at radius 1 is 1.24 bits per heavy atom. The Morgan fingerprint density at radius 3 is 2.38 bits per heavy atom. The topological polar surface area (TPSA) is 59.2 Å². The summed E-state index contributed by atoms with van der Waals surface area (Å²) in [6, 6.07) is 3.58. The van der Waals surface area contributed by atoms with Crippen LogP contribution in [0.25, 0.3) is 0 Å². The molecule has 2 aromatic rings. The monoisotopic (exact) mass is 415 g/mol. The third-order valence-electron chi connectivity index (χ3n) is 4.63. The summed E-state index contributed by atoms with van der Waals surface area (Å²) in [4.78, 5) is 16.6. The first-order valence-corrected chi connectivity index (χ1v) is 8.54. The molecular weight excluding hydrogens is 400 g/mol. The third-order valence-corrected chi connectivity index (χ3v) is 4.63. The van der Waals surface area contributed by atoms with E-state index < -0.39 is 58.8 Å². The van der Waals surface area contributed by atoms with Crippen LogP contribution in [0, 0.1) is 23.4 Å². The number of carbonyl (C=O) groups is 1. The number of rotatable bonds is 4. The van der Waals surface area contributed by atoms with E-state index in [4.69, 9.17) is 5.73 Å². The number of primary amides is 1. The fourth-order valence-corrected chi connectivity index (χ4v) is 3.43. The molecule has 1 aromatic heterocycles. The summed E-state index contributed by atoms with van der Waals surface area (Å²) in [5, 5.41) is 0. The van der Waals surface area contributed by atoms with Crippen LogP contribution in [0.15, 0.2) is 41.7 Å². The van der Waals surface area contributed by atoms with Crippen molar-refractivity contribution in [1.29, 1.82) is 0 Å². The molecule has 1 atom stereocenters. The molecule has 29 heavy (non-hydrogen) atoms. The largest absolute Gasteiger partial charge is 0.397 e. The van der Waals surface area contributed by atoms with Gasteiger partial charge in [0, 0.05) is 41.6 Å². The van der Waals surface area contributed by atoms with E-state index in [-0.39, 0.29) is 17.8 Å². The van der Waals surface area contributed by atoms with Crippen LogP contribution in [-0.2, 0) is 11.2 Å². The van der Waals surface area contributed by atoms with E-state index >= 15 is 0 Å². The van der Waals surface area contributed by atoms with E-state index in [1.54, 1.807) is 0 Å². The number of fused-ring (bicyclic) bond motifs is 1. The minimum absolute atomic E-state index is 0.195. The van der Waals surface area contributed by atoms with Crippen molar-refractivity contribution < 1.29 is 31.1 Å². The van der Waals surface area contributed by atoms with E-state index in [2.05, 4.69) is 4.98 Å². The summed E-state index contributed by atoms with van der Waals surface area (Å²) in [6.45, 7) is 1.22. The van der Waals surface area contributed by atoms with Crippen LogP contribution >= 0.6 is 0 Å². The summed E-state index contributed by atoms with van der Waals surface area (Å²) in [7, 11) is 0. The van der Waals surface area contributed by atoms with Crippen molar-refractivity contribution in [2.24, 2.45) is 11.7 Å². The third kappa shape index (κ3) is 3.66. The molecule has 2 heterocycles. The van der Waals surface area contributed by atoms with Gasteiger partial charge >= 0.3 is 6.18 Å². The first-order valence-electron chi connectivity index (χ1n) is 8.54. The van der Waals surface area contributed by atoms with Crippen LogP contribution in [-0.4, -0.2) is 17.1 Å². The second-order valence-corrected chi connectivity index (χ2v) is 6.45. The van der Waals surface area contributed by atoms with Crippen LogP contribution in [0.4, 0.5) is 37.8 Å². The van der Waals surface area contributed by atoms with Crippen molar-refractivity contribution in [1.82, 2.24) is 4.98 Å². The number of amides is 1. The van der Waals surface area contributed by atoms with Gasteiger partial charge in [0.1, 0.15) is 17.3 Å². The highest BCUT2D eigenvalue weighted by Crippen LogP contribution is 2.47. The molecule has 10 heteroatoms. The second kappa shape index (κ2) is 7.41. The summed E-state index contributed by atoms with van der Waals surface area (Å²) in [5.41, 5.74) is 3.44. The standard InChI is InChI=1S/C19H15F6N3O/c1-2-12(19(23,24)25)15-11(17(26)29)6-9-4-3-5-27-18(9)28(15)16-13(21)7-10(20)8-14(16)22/h3-5,7-8,12H,2,6H2,1H3,(H2,26,29)/t12-/m0/s1. The average molecular weight is 415 g/mol. The fraction of sp³-hybridized carbons (Fsp3) is 0.263. The maximum atomic E-state index is 14.6. The molecule has 0 fully saturated rings. The van der Waals surface area contributed by atoms with Gasteiger partial charge in [0.2, 0.25) is 5.91 Å². The number of hydrogen-bond acceptors (Lipinski definition) is 3. The van der Waals surface area contributed by atoms with Gasteiger partial charge in [-0.3, -0.25) is 9.69 Å². The zero-order chi connectivity index (χ0) is 21.5. The van der Waals surface area contributed by atoms with Gasteiger partial charge in [-0.25, -0.2) is 18.2 Å². The highest BCUT2D eigenvalue weighted by Gasteiger charge is 2.47. The number of benzene rings is 1. The normalized spacial score (nSPS) is 15.3. The summed E-state index contributed by atoms with van der Waals surface area (Å²) < 4.78 is 84.0. The predicted octanol–water partition coefficient (Wildman–Crippen LogP) is 4.52. The first-order chi connectivity index (χ1) is 13.6. The molecule has 0 radical (unpaired) electrons. The molecule has 0 unspecified atom stereocenters. The number of aromatic nitrogens is 1. The van der Waals surface area contributed by atoms with E-state index in [1.165, 1.54) is 25.3 Å². The number of allylic oxidation sites excluding steroid dienone is 1. The molecule has 1 aliphatic heterocycles. The van der Waals surface area contributed by atoms with Gasteiger partial charge in [0.25, 0.3) is 0 Å². The lowest BCUT2D eigenvalue weighted by atomic mass is 9.88. The number of pyridine rings is 1. The Morgan fingerprint density at radius 2 is 1.86 bits per heavy atom. The Bertz CT molecular complexity index is 979. The van der Waals surface area contributed by atoms with Crippen LogP contribution in [0.3, 0.4) is 0 Å². The molecule has 154 valence electrons. The van der Waals surface area contributed by atoms with Crippen molar-refractivity contribution in [3.8, 4) is 0 Å². The van der Waals surface area contributed by atoms with E-state index in [1.807, 2.05) is 0 Å². The van der Waals surface area contributed by atoms with Gasteiger partial charge in [-0.1, -0.05) is 13.0 Å². The highest BCUT2D eigenvalue weighted by atomic mass is 19.4. The Balaban J connectivity index is 2.41. The molecule has 0 aliphatic carbocycles. The number of nitrogens with zero attached hydrogens (tertiary/aromatic N) is 2. The van der Waals surface area contributed by atoms with Crippen molar-refractivity contribution in [2.75, 3.05) is 4.90 Å². The average Bonchev–Trinajstić information content (AvgIpc) is 2.60. The molecule has 3 rings (SSSR count). The van der Waals surface area contributed by atoms with Crippen molar-refractivity contribution in [3.63, 3.8) is 0 Å². The quantitative estimate of drug-likeness (QED) is 0.747. The first kappa shape index (κ1) is 20.7. The van der Waals surface area contributed by atoms with Crippen molar-refractivity contribution in [3.05, 3.63) is 64.7 Å². The minimum Gasteiger partial charge on any atom is -0.366 e. The number of anilines is 2. The molecule has 4 nitrogen and oxygen atoms in total. The van der Waals surface area contributed by atoms with Crippen LogP contribution in [0.1, 0.15) is 18.9 Å². The molecule has 1 amide bonds. The van der Waals surface area contributed by atoms with Gasteiger partial charge in [0.05, 0.1) is 5.92 Å². The Kier molecular flexibility index (Phi) is 5.29. The number of carbonyl (C=O) groups excluding carboxylic acids is 1. The van der Waals surface area contributed by atoms with Crippen molar-refractivity contribution in [2.45, 2.75) is 25.9 Å². The molecule has 0 saturated heterocycles. The van der Waals surface area contributed by atoms with Gasteiger partial charge in [-0.2, -0.15) is 13.2 Å². The molecule has 1 aromatic carbocycles. The van der Waals surface area contributed by atoms with Crippen LogP contribution in [0.2, 0.25) is 0 Å². The lowest BCUT2D eigenvalue weighted by Crippen LogP contribution is -2.39. The van der Waals surface area contributed by atoms with Gasteiger partial charge in [0.15, 0.2) is 11.6 Å². The summed E-state index contributed by atoms with van der Waals surface area (Å²) in [5.74, 6) is -7.75. The number of alkyl halides is 3. The van der Waals surface area contributed by atoms with Gasteiger partial charge in [-0.15, -0.1) is 0 Å². The molecular formula is C19H15F6N3O. The summed E-state index contributed by atoms with van der Waals surface area (Å²) in [6.07, 6.45) is -4.44. The van der Waals surface area contributed by atoms with Gasteiger partial charge in [-0.05, 0) is 12.5 Å². The van der Waals surface area contributed by atoms with E-state index in [0.717, 1.165) is 0 Å². The maximum Gasteiger partial charge on any atom is 0.397 e. The van der Waals surface area contributed by atoms with Crippen molar-refractivity contribution >= 4 is 17.4 Å². The molecule has 0 saturated carbocycles. The molecule has 0 bridgehead atoms. The minimum atomic E-state index is -4.84. The molecule has 1 aliphatic rings. The van der Waals surface area contributed by atoms with Crippen LogP contribution in [0.5, 0.6) is 0 Å². The number of hydrogen-bond donors (Lipinski definition) is 1. The molecule has 0 spiro atoms. The number of halogens is 6. The van der Waals surface area contributed by atoms with Crippen LogP contribution < -0.4 is 10.6 Å². The lowest BCUT2D eigenvalue weighted by molar-refractivity contribution is -0.165. The Labute approximate surface area is 161 Å². The molecule has 2 N–H and O–H groups in total. The lowest BCUT2D eigenvalue weighted by Gasteiger charge is -2.38. The summed E-state index contributed by atoms with van der Waals surface area (Å²) >= 11 is 0. The van der Waals surface area contributed by atoms with Gasteiger partial charge < -0.3 is 5.73 Å². The second-order valence-electron chi connectivity index (χ2n) is 6.45. The predicted molar refractivity (Wildman–Crippen MR) is 92.5 cm³/mol. The Hall–Kier alpha value is -3.04.